The number of piperidine rings is 1. The van der Waals surface area contributed by atoms with Crippen LogP contribution in [0.1, 0.15) is 38.3 Å². The largest absolute Gasteiger partial charge is 0.347 e. The molecule has 1 amide bonds. The maximum atomic E-state index is 14.5. The highest BCUT2D eigenvalue weighted by Gasteiger charge is 2.31. The van der Waals surface area contributed by atoms with E-state index in [1.807, 2.05) is 6.07 Å². The summed E-state index contributed by atoms with van der Waals surface area (Å²) in [6.45, 7) is 3.70. The monoisotopic (exact) mass is 471 g/mol. The van der Waals surface area contributed by atoms with Crippen LogP contribution in [0.3, 0.4) is 0 Å². The second-order valence-electron chi connectivity index (χ2n) is 8.69. The van der Waals surface area contributed by atoms with E-state index in [-0.39, 0.29) is 24.8 Å². The third kappa shape index (κ3) is 4.10. The fourth-order valence-electron chi connectivity index (χ4n) is 4.60. The minimum Gasteiger partial charge on any atom is -0.347 e. The van der Waals surface area contributed by atoms with E-state index in [1.165, 1.54) is 11.8 Å². The number of nitrogens with zero attached hydrogens (tertiary/aromatic N) is 6. The first-order valence-electron chi connectivity index (χ1n) is 11.2. The van der Waals surface area contributed by atoms with Crippen LogP contribution in [0.4, 0.5) is 24.8 Å². The van der Waals surface area contributed by atoms with Crippen LogP contribution in [0.2, 0.25) is 0 Å². The van der Waals surface area contributed by atoms with Crippen molar-refractivity contribution in [1.29, 1.82) is 0 Å². The number of alkyl halides is 3. The average molecular weight is 471 g/mol. The van der Waals surface area contributed by atoms with Gasteiger partial charge in [-0.2, -0.15) is 0 Å². The maximum absolute atomic E-state index is 14.5. The molecule has 0 radical (unpaired) electrons. The van der Waals surface area contributed by atoms with E-state index in [2.05, 4.69) is 25.4 Å². The van der Waals surface area contributed by atoms with Crippen LogP contribution in [-0.2, 0) is 4.79 Å². The molecule has 0 aliphatic carbocycles. The number of hydrogen-bond acceptors (Lipinski definition) is 6. The predicted molar refractivity (Wildman–Crippen MR) is 122 cm³/mol. The van der Waals surface area contributed by atoms with Crippen molar-refractivity contribution in [2.24, 2.45) is 4.99 Å². The second-order valence-corrected chi connectivity index (χ2v) is 8.69. The van der Waals surface area contributed by atoms with E-state index in [4.69, 9.17) is 0 Å². The lowest BCUT2D eigenvalue weighted by Gasteiger charge is -2.34. The zero-order valence-corrected chi connectivity index (χ0v) is 18.8. The number of halogens is 3. The number of likely N-dealkylation sites (tertiary alicyclic amines) is 1. The molecule has 0 saturated carbocycles. The summed E-state index contributed by atoms with van der Waals surface area (Å²) in [6, 6.07) is 4.94. The maximum Gasteiger partial charge on any atom is 0.241 e. The number of nitrogens with one attached hydrogen (secondary N) is 1. The number of pyridine rings is 1. The highest BCUT2D eigenvalue weighted by molar-refractivity contribution is 5.96. The lowest BCUT2D eigenvalue weighted by molar-refractivity contribution is -0.131. The Kier molecular flexibility index (Phi) is 5.70. The van der Waals surface area contributed by atoms with Crippen molar-refractivity contribution in [3.8, 4) is 11.3 Å². The Morgan fingerprint density at radius 1 is 1.29 bits per heavy atom. The normalized spacial score (nSPS) is 22.2. The van der Waals surface area contributed by atoms with E-state index in [9.17, 15) is 18.0 Å². The molecule has 2 aliphatic heterocycles. The quantitative estimate of drug-likeness (QED) is 0.608. The second kappa shape index (κ2) is 8.69. The number of anilines is 1. The van der Waals surface area contributed by atoms with E-state index in [1.54, 1.807) is 36.0 Å². The van der Waals surface area contributed by atoms with E-state index in [0.717, 1.165) is 5.56 Å². The van der Waals surface area contributed by atoms with Gasteiger partial charge in [-0.1, -0.05) is 0 Å². The van der Waals surface area contributed by atoms with Crippen molar-refractivity contribution in [1.82, 2.24) is 24.5 Å². The summed E-state index contributed by atoms with van der Waals surface area (Å²) in [6.07, 6.45) is -0.154. The highest BCUT2D eigenvalue weighted by atomic mass is 19.3. The Labute approximate surface area is 193 Å². The topological polar surface area (TPSA) is 87.8 Å². The summed E-state index contributed by atoms with van der Waals surface area (Å²) in [4.78, 5) is 26.4. The van der Waals surface area contributed by atoms with Gasteiger partial charge in [-0.25, -0.2) is 27.7 Å². The van der Waals surface area contributed by atoms with Crippen molar-refractivity contribution in [3.63, 3.8) is 0 Å². The van der Waals surface area contributed by atoms with Crippen molar-refractivity contribution in [3.05, 3.63) is 36.3 Å². The third-order valence-electron chi connectivity index (χ3n) is 6.44. The molecular weight excluding hydrogens is 447 g/mol. The van der Waals surface area contributed by atoms with Gasteiger partial charge in [0.15, 0.2) is 0 Å². The third-order valence-corrected chi connectivity index (χ3v) is 6.44. The Morgan fingerprint density at radius 2 is 2.12 bits per heavy atom. The molecule has 0 aromatic carbocycles. The standard InChI is InChI=1S/C23H24F3N7O/c1-12-15(9-21(25)26)22-19(28-12)4-3-17(29-22)14-5-8-33-20(14)10-27-23(31-33)30-18-6-7-32(13(2)34)11-16(18)24/h3-5,8,10,15-16,18,21H,6-7,9,11H2,1-2H3,(H,30,31)/t15?,16-,18+/m1/s1. The summed E-state index contributed by atoms with van der Waals surface area (Å²) in [5.41, 5.74) is 3.88. The molecule has 1 N–H and O–H groups in total. The molecule has 0 bridgehead atoms. The molecule has 5 rings (SSSR count). The minimum atomic E-state index is -2.44. The lowest BCUT2D eigenvalue weighted by atomic mass is 9.97. The molecular formula is C23H24F3N7O. The average Bonchev–Trinajstić information content (AvgIpc) is 3.35. The van der Waals surface area contributed by atoms with E-state index in [0.29, 0.717) is 41.3 Å². The van der Waals surface area contributed by atoms with Gasteiger partial charge in [0.1, 0.15) is 6.17 Å². The number of rotatable bonds is 5. The SMILES string of the molecule is CC(=O)N1CC[C@H](Nc2ncc3c(-c4ccc5c(n4)C(CC(F)F)C(C)=N5)ccn3n2)[C@H](F)C1. The molecule has 3 aromatic heterocycles. The molecule has 8 nitrogen and oxygen atoms in total. The summed E-state index contributed by atoms with van der Waals surface area (Å²) in [7, 11) is 0. The molecule has 11 heteroatoms. The number of aliphatic imine (C=N–C) groups is 1. The van der Waals surface area contributed by atoms with Crippen molar-refractivity contribution in [2.75, 3.05) is 18.4 Å². The van der Waals surface area contributed by atoms with Gasteiger partial charge in [-0.05, 0) is 31.5 Å². The van der Waals surface area contributed by atoms with Crippen LogP contribution in [-0.4, -0.2) is 67.8 Å². The number of carbonyl (C=O) groups is 1. The smallest absolute Gasteiger partial charge is 0.241 e. The predicted octanol–water partition coefficient (Wildman–Crippen LogP) is 4.01. The van der Waals surface area contributed by atoms with Gasteiger partial charge in [0, 0.05) is 43.3 Å². The summed E-state index contributed by atoms with van der Waals surface area (Å²) >= 11 is 0. The lowest BCUT2D eigenvalue weighted by Crippen LogP contribution is -2.49. The van der Waals surface area contributed by atoms with Crippen molar-refractivity contribution < 1.29 is 18.0 Å². The summed E-state index contributed by atoms with van der Waals surface area (Å²) < 4.78 is 42.3. The van der Waals surface area contributed by atoms with Crippen LogP contribution in [0, 0.1) is 0 Å². The first-order valence-corrected chi connectivity index (χ1v) is 11.2. The van der Waals surface area contributed by atoms with E-state index < -0.39 is 24.6 Å². The fourth-order valence-corrected chi connectivity index (χ4v) is 4.60. The molecule has 2 aliphatic rings. The zero-order valence-electron chi connectivity index (χ0n) is 18.8. The van der Waals surface area contributed by atoms with E-state index >= 15 is 0 Å². The molecule has 3 atom stereocenters. The molecule has 34 heavy (non-hydrogen) atoms. The van der Waals surface area contributed by atoms with Gasteiger partial charge in [-0.15, -0.1) is 5.10 Å². The Balaban J connectivity index is 1.37. The van der Waals surface area contributed by atoms with Crippen LogP contribution in [0.15, 0.2) is 35.6 Å². The van der Waals surface area contributed by atoms with Crippen LogP contribution < -0.4 is 5.32 Å². The van der Waals surface area contributed by atoms with Gasteiger partial charge < -0.3 is 10.2 Å². The Morgan fingerprint density at radius 3 is 2.85 bits per heavy atom. The summed E-state index contributed by atoms with van der Waals surface area (Å²) in [5, 5.41) is 7.48. The zero-order chi connectivity index (χ0) is 24.0. The van der Waals surface area contributed by atoms with Crippen molar-refractivity contribution >= 4 is 28.8 Å². The minimum absolute atomic E-state index is 0.0443. The van der Waals surface area contributed by atoms with Gasteiger partial charge in [0.25, 0.3) is 0 Å². The number of hydrogen-bond donors (Lipinski definition) is 1. The highest BCUT2D eigenvalue weighted by Crippen LogP contribution is 2.39. The number of amides is 1. The molecule has 178 valence electrons. The number of aromatic nitrogens is 4. The molecule has 1 unspecified atom stereocenters. The van der Waals surface area contributed by atoms with Gasteiger partial charge in [-0.3, -0.25) is 9.79 Å². The Hall–Kier alpha value is -3.50. The van der Waals surface area contributed by atoms with Crippen LogP contribution >= 0.6 is 0 Å². The first kappa shape index (κ1) is 22.3. The molecule has 1 fully saturated rings. The van der Waals surface area contributed by atoms with Crippen molar-refractivity contribution in [2.45, 2.75) is 51.2 Å². The number of fused-ring (bicyclic) bond motifs is 2. The Bertz CT molecular complexity index is 1270. The van der Waals surface area contributed by atoms with Gasteiger partial charge in [0.2, 0.25) is 18.3 Å². The molecule has 1 saturated heterocycles. The van der Waals surface area contributed by atoms with Crippen LogP contribution in [0.5, 0.6) is 0 Å². The van der Waals surface area contributed by atoms with Gasteiger partial charge in [0.05, 0.1) is 41.4 Å². The molecule has 0 spiro atoms. The fraction of sp³-hybridized carbons (Fsp3) is 0.435. The first-order chi connectivity index (χ1) is 16.3. The molecule has 5 heterocycles. The van der Waals surface area contributed by atoms with Gasteiger partial charge >= 0.3 is 0 Å². The number of carbonyl (C=O) groups excluding carboxylic acids is 1. The van der Waals surface area contributed by atoms with Crippen LogP contribution in [0.25, 0.3) is 16.8 Å². The summed E-state index contributed by atoms with van der Waals surface area (Å²) in [5.74, 6) is -0.360. The molecule has 3 aromatic rings.